The number of aromatic amines is 1. The Bertz CT molecular complexity index is 1810. The Hall–Kier alpha value is -6.19. The summed E-state index contributed by atoms with van der Waals surface area (Å²) in [5.74, 6) is -10.8. The molecule has 0 spiro atoms. The van der Waals surface area contributed by atoms with E-state index in [9.17, 15) is 73.8 Å². The molecule has 0 aliphatic carbocycles. The van der Waals surface area contributed by atoms with E-state index in [1.165, 1.54) is 12.5 Å². The van der Waals surface area contributed by atoms with Crippen LogP contribution in [0.25, 0.3) is 0 Å². The maximum absolute atomic E-state index is 13.7. The maximum Gasteiger partial charge on any atom is 0.327 e. The van der Waals surface area contributed by atoms with Crippen LogP contribution >= 0.6 is 12.6 Å². The Labute approximate surface area is 352 Å². The molecule has 8 atom stereocenters. The van der Waals surface area contributed by atoms with Crippen LogP contribution in [0, 0.1) is 0 Å². The number of H-pyrrole nitrogens is 1. The molecular weight excluding hydrogens is 833 g/mol. The molecule has 26 heteroatoms. The summed E-state index contributed by atoms with van der Waals surface area (Å²) in [5, 5.41) is 73.0. The Morgan fingerprint density at radius 3 is 1.43 bits per heavy atom. The number of imidazole rings is 1. The summed E-state index contributed by atoms with van der Waals surface area (Å²) in [6.07, 6.45) is 0.909. The predicted octanol–water partition coefficient (Wildman–Crippen LogP) is -7.24. The quantitative estimate of drug-likeness (QED) is 0.0371. The van der Waals surface area contributed by atoms with Crippen LogP contribution in [0.5, 0.6) is 0 Å². The highest BCUT2D eigenvalue weighted by Gasteiger charge is 2.34. The second kappa shape index (κ2) is 26.1. The van der Waals surface area contributed by atoms with E-state index >= 15 is 0 Å². The number of amides is 7. The summed E-state index contributed by atoms with van der Waals surface area (Å²) >= 11 is 3.82. The molecular formula is C35H50N10O15S. The number of hydrogen-bond acceptors (Lipinski definition) is 16. The monoisotopic (exact) mass is 882 g/mol. The van der Waals surface area contributed by atoms with Gasteiger partial charge in [0.15, 0.2) is 0 Å². The summed E-state index contributed by atoms with van der Waals surface area (Å²) in [4.78, 5) is 121. The molecule has 0 unspecified atom stereocenters. The number of aromatic nitrogens is 2. The fraction of sp³-hybridized carbons (Fsp3) is 0.486. The van der Waals surface area contributed by atoms with Gasteiger partial charge in [0, 0.05) is 36.9 Å². The van der Waals surface area contributed by atoms with Gasteiger partial charge in [-0.3, -0.25) is 38.4 Å². The van der Waals surface area contributed by atoms with Crippen LogP contribution in [-0.4, -0.2) is 174 Å². The number of benzene rings is 1. The smallest absolute Gasteiger partial charge is 0.327 e. The molecule has 336 valence electrons. The van der Waals surface area contributed by atoms with E-state index in [4.69, 9.17) is 5.73 Å². The number of aliphatic carboxylic acids is 2. The zero-order valence-corrected chi connectivity index (χ0v) is 33.2. The van der Waals surface area contributed by atoms with Crippen molar-refractivity contribution in [2.24, 2.45) is 5.73 Å². The van der Waals surface area contributed by atoms with Crippen molar-refractivity contribution in [1.29, 1.82) is 0 Å². The van der Waals surface area contributed by atoms with Gasteiger partial charge in [0.1, 0.15) is 48.3 Å². The van der Waals surface area contributed by atoms with E-state index in [0.29, 0.717) is 5.56 Å². The van der Waals surface area contributed by atoms with Gasteiger partial charge in [0.25, 0.3) is 0 Å². The number of rotatable bonds is 27. The van der Waals surface area contributed by atoms with Gasteiger partial charge in [-0.25, -0.2) is 9.78 Å². The first kappa shape index (κ1) is 51.0. The van der Waals surface area contributed by atoms with Crippen LogP contribution in [0.3, 0.4) is 0 Å². The average Bonchev–Trinajstić information content (AvgIpc) is 3.76. The molecule has 0 fully saturated rings. The zero-order valence-electron chi connectivity index (χ0n) is 32.4. The average molecular weight is 883 g/mol. The number of hydrogen-bond donors (Lipinski definition) is 16. The number of carboxylic acids is 2. The standard InChI is InChI=1S/C35H50N10O15S/c36-19(11-46)28(52)39-20(6-7-27(50)51)29(53)40-21(8-17-4-2-1-3-5-17)30(54)42-23(12-47)32(56)41-22(9-18-10-37-16-38-18)31(55)43-24(13-48)33(57)44-25(14-49)34(58)45-26(15-61)35(59)60/h1-5,10,16,19-26,46-49,61H,6-9,11-15,36H2,(H,37,38)(H,39,52)(H,40,53)(H,41,56)(H,42,54)(H,43,55)(H,44,57)(H,45,58)(H,50,51)(H,59,60)/t19-,20-,21-,22-,23-,24-,25-,26-/m0/s1. The minimum Gasteiger partial charge on any atom is -0.481 e. The topological polar surface area (TPSA) is 414 Å². The molecule has 0 aliphatic rings. The SMILES string of the molecule is N[C@@H](CO)C(=O)N[C@@H](CCC(=O)O)C(=O)N[C@@H](Cc1ccccc1)C(=O)N[C@@H](CO)C(=O)N[C@@H](Cc1cnc[nH]1)C(=O)N[C@@H](CO)C(=O)N[C@@H](CO)C(=O)N[C@@H](CS)C(=O)O. The van der Waals surface area contributed by atoms with E-state index in [-0.39, 0.29) is 24.3 Å². The van der Waals surface area contributed by atoms with Crippen molar-refractivity contribution in [2.75, 3.05) is 32.2 Å². The first-order chi connectivity index (χ1) is 29.0. The van der Waals surface area contributed by atoms with Gasteiger partial charge in [0.05, 0.1) is 32.8 Å². The number of aliphatic hydroxyl groups excluding tert-OH is 4. The summed E-state index contributed by atoms with van der Waals surface area (Å²) in [7, 11) is 0. The molecule has 0 saturated carbocycles. The van der Waals surface area contributed by atoms with Gasteiger partial charge in [-0.1, -0.05) is 30.3 Å². The number of nitrogens with one attached hydrogen (secondary N) is 8. The largest absolute Gasteiger partial charge is 0.481 e. The van der Waals surface area contributed by atoms with Crippen LogP contribution in [0.2, 0.25) is 0 Å². The van der Waals surface area contributed by atoms with Gasteiger partial charge < -0.3 is 78.6 Å². The summed E-state index contributed by atoms with van der Waals surface area (Å²) < 4.78 is 0. The molecule has 2 rings (SSSR count). The Morgan fingerprint density at radius 1 is 0.590 bits per heavy atom. The van der Waals surface area contributed by atoms with Gasteiger partial charge in [-0.15, -0.1) is 0 Å². The van der Waals surface area contributed by atoms with Gasteiger partial charge >= 0.3 is 11.9 Å². The number of carbonyl (C=O) groups excluding carboxylic acids is 7. The van der Waals surface area contributed by atoms with E-state index in [1.807, 2.05) is 0 Å². The minimum absolute atomic E-state index is 0.225. The Kier molecular flexibility index (Phi) is 21.8. The van der Waals surface area contributed by atoms with Gasteiger partial charge in [0.2, 0.25) is 41.4 Å². The third-order valence-corrected chi connectivity index (χ3v) is 8.95. The molecule has 0 radical (unpaired) electrons. The van der Waals surface area contributed by atoms with Gasteiger partial charge in [-0.2, -0.15) is 12.6 Å². The molecule has 7 amide bonds. The predicted molar refractivity (Wildman–Crippen MR) is 211 cm³/mol. The maximum atomic E-state index is 13.7. The van der Waals surface area contributed by atoms with Crippen LogP contribution < -0.4 is 43.0 Å². The minimum atomic E-state index is -1.81. The molecule has 0 saturated heterocycles. The fourth-order valence-electron chi connectivity index (χ4n) is 5.18. The number of carboxylic acid groups (broad SMARTS) is 2. The molecule has 61 heavy (non-hydrogen) atoms. The molecule has 2 aromatic rings. The molecule has 1 heterocycles. The molecule has 25 nitrogen and oxygen atoms in total. The fourth-order valence-corrected chi connectivity index (χ4v) is 5.43. The highest BCUT2D eigenvalue weighted by molar-refractivity contribution is 7.80. The molecule has 16 N–H and O–H groups in total. The van der Waals surface area contributed by atoms with Crippen molar-refractivity contribution in [2.45, 2.75) is 74.0 Å². The van der Waals surface area contributed by atoms with Crippen molar-refractivity contribution < 1.29 is 73.8 Å². The van der Waals surface area contributed by atoms with E-state index in [0.717, 1.165) is 0 Å². The Balaban J connectivity index is 2.31. The second-order valence-electron chi connectivity index (χ2n) is 13.2. The van der Waals surface area contributed by atoms with Crippen molar-refractivity contribution in [3.05, 3.63) is 54.1 Å². The lowest BCUT2D eigenvalue weighted by molar-refractivity contribution is -0.142. The number of thiol groups is 1. The second-order valence-corrected chi connectivity index (χ2v) is 13.6. The van der Waals surface area contributed by atoms with E-state index < -0.39 is 141 Å². The van der Waals surface area contributed by atoms with Gasteiger partial charge in [-0.05, 0) is 12.0 Å². The normalized spacial score (nSPS) is 14.9. The van der Waals surface area contributed by atoms with Crippen molar-refractivity contribution in [3.8, 4) is 0 Å². The molecule has 0 aliphatic heterocycles. The zero-order chi connectivity index (χ0) is 45.6. The van der Waals surface area contributed by atoms with Crippen molar-refractivity contribution in [3.63, 3.8) is 0 Å². The summed E-state index contributed by atoms with van der Waals surface area (Å²) in [6, 6.07) is -4.87. The summed E-state index contributed by atoms with van der Waals surface area (Å²) in [6.45, 7) is -3.97. The third-order valence-electron chi connectivity index (χ3n) is 8.58. The number of nitrogens with two attached hydrogens (primary N) is 1. The molecule has 1 aromatic heterocycles. The van der Waals surface area contributed by atoms with Crippen LogP contribution in [-0.2, 0) is 56.0 Å². The highest BCUT2D eigenvalue weighted by Crippen LogP contribution is 2.08. The van der Waals surface area contributed by atoms with Crippen molar-refractivity contribution >= 4 is 65.9 Å². The van der Waals surface area contributed by atoms with E-state index in [1.54, 1.807) is 30.3 Å². The van der Waals surface area contributed by atoms with Crippen LogP contribution in [0.4, 0.5) is 0 Å². The first-order valence-corrected chi connectivity index (χ1v) is 19.0. The molecule has 0 bridgehead atoms. The number of aliphatic hydroxyl groups is 4. The Morgan fingerprint density at radius 2 is 1.02 bits per heavy atom. The first-order valence-electron chi connectivity index (χ1n) is 18.4. The third kappa shape index (κ3) is 17.1. The number of carbonyl (C=O) groups is 9. The van der Waals surface area contributed by atoms with Crippen molar-refractivity contribution in [1.82, 2.24) is 47.2 Å². The molecule has 1 aromatic carbocycles. The summed E-state index contributed by atoms with van der Waals surface area (Å²) in [5.41, 5.74) is 6.29. The van der Waals surface area contributed by atoms with Crippen LogP contribution in [0.1, 0.15) is 24.1 Å². The highest BCUT2D eigenvalue weighted by atomic mass is 32.1. The van der Waals surface area contributed by atoms with E-state index in [2.05, 4.69) is 59.8 Å². The lowest BCUT2D eigenvalue weighted by Crippen LogP contribution is -2.62. The van der Waals surface area contributed by atoms with Crippen LogP contribution in [0.15, 0.2) is 42.9 Å². The lowest BCUT2D eigenvalue weighted by Gasteiger charge is -2.27. The number of nitrogens with zero attached hydrogens (tertiary/aromatic N) is 1. The lowest BCUT2D eigenvalue weighted by atomic mass is 10.0.